The van der Waals surface area contributed by atoms with E-state index in [1.54, 1.807) is 13.1 Å². The van der Waals surface area contributed by atoms with Gasteiger partial charge in [0.25, 0.3) is 0 Å². The first kappa shape index (κ1) is 19.5. The van der Waals surface area contributed by atoms with Crippen LogP contribution in [-0.4, -0.2) is 48.4 Å². The van der Waals surface area contributed by atoms with Gasteiger partial charge in [-0.3, -0.25) is 4.79 Å². The number of carbonyl (C=O) groups is 2. The van der Waals surface area contributed by atoms with Crippen molar-refractivity contribution in [3.63, 3.8) is 0 Å². The second-order valence-corrected chi connectivity index (χ2v) is 6.74. The molecule has 0 saturated carbocycles. The molecule has 2 rings (SSSR count). The van der Waals surface area contributed by atoms with Crippen LogP contribution in [0.3, 0.4) is 0 Å². The van der Waals surface area contributed by atoms with Gasteiger partial charge in [0.05, 0.1) is 6.54 Å². The van der Waals surface area contributed by atoms with Crippen LogP contribution >= 0.6 is 11.6 Å². The first-order valence-electron chi connectivity index (χ1n) is 8.68. The highest BCUT2D eigenvalue weighted by atomic mass is 35.5. The number of nitrogens with zero attached hydrogens (tertiary/aromatic N) is 2. The number of rotatable bonds is 5. The molecule has 25 heavy (non-hydrogen) atoms. The molecule has 0 aliphatic carbocycles. The number of benzene rings is 1. The van der Waals surface area contributed by atoms with Gasteiger partial charge in [-0.15, -0.1) is 0 Å². The van der Waals surface area contributed by atoms with Crippen molar-refractivity contribution in [2.45, 2.75) is 38.6 Å². The molecule has 1 aliphatic rings. The van der Waals surface area contributed by atoms with Crippen LogP contribution in [-0.2, 0) is 11.3 Å². The molecular weight excluding hydrogens is 345 g/mol. The zero-order valence-electron chi connectivity index (χ0n) is 14.6. The Bertz CT molecular complexity index is 584. The van der Waals surface area contributed by atoms with Crippen LogP contribution in [0.4, 0.5) is 9.18 Å². The average molecular weight is 370 g/mol. The fourth-order valence-electron chi connectivity index (χ4n) is 2.88. The van der Waals surface area contributed by atoms with Gasteiger partial charge in [0.2, 0.25) is 5.91 Å². The van der Waals surface area contributed by atoms with Crippen LogP contribution in [0.15, 0.2) is 18.2 Å². The summed E-state index contributed by atoms with van der Waals surface area (Å²) in [6.45, 7) is 1.94. The molecule has 5 nitrogen and oxygen atoms in total. The maximum absolute atomic E-state index is 13.8. The van der Waals surface area contributed by atoms with Crippen molar-refractivity contribution in [1.29, 1.82) is 0 Å². The Kier molecular flexibility index (Phi) is 7.50. The van der Waals surface area contributed by atoms with Crippen LogP contribution < -0.4 is 5.32 Å². The van der Waals surface area contributed by atoms with Gasteiger partial charge in [0.1, 0.15) is 5.82 Å². The second kappa shape index (κ2) is 9.61. The predicted molar refractivity (Wildman–Crippen MR) is 95.9 cm³/mol. The summed E-state index contributed by atoms with van der Waals surface area (Å²) in [4.78, 5) is 27.5. The van der Waals surface area contributed by atoms with Gasteiger partial charge < -0.3 is 15.1 Å². The van der Waals surface area contributed by atoms with Gasteiger partial charge in [-0.2, -0.15) is 0 Å². The van der Waals surface area contributed by atoms with Gasteiger partial charge >= 0.3 is 6.03 Å². The maximum atomic E-state index is 13.8. The molecule has 7 heteroatoms. The molecule has 1 heterocycles. The molecule has 0 bridgehead atoms. The summed E-state index contributed by atoms with van der Waals surface area (Å²) in [6, 6.07) is 4.07. The lowest BCUT2D eigenvalue weighted by molar-refractivity contribution is -0.131. The van der Waals surface area contributed by atoms with E-state index in [4.69, 9.17) is 11.6 Å². The van der Waals surface area contributed by atoms with Crippen LogP contribution in [0.5, 0.6) is 0 Å². The Morgan fingerprint density at radius 3 is 2.56 bits per heavy atom. The number of halogens is 2. The highest BCUT2D eigenvalue weighted by Gasteiger charge is 2.17. The van der Waals surface area contributed by atoms with Crippen molar-refractivity contribution < 1.29 is 14.0 Å². The lowest BCUT2D eigenvalue weighted by atomic mass is 10.2. The van der Waals surface area contributed by atoms with E-state index in [0.717, 1.165) is 25.9 Å². The number of carbonyl (C=O) groups excluding carboxylic acids is 2. The second-order valence-electron chi connectivity index (χ2n) is 6.33. The minimum absolute atomic E-state index is 0.0669. The quantitative estimate of drug-likeness (QED) is 0.864. The monoisotopic (exact) mass is 369 g/mol. The van der Waals surface area contributed by atoms with Crippen LogP contribution in [0.25, 0.3) is 0 Å². The number of amides is 3. The van der Waals surface area contributed by atoms with E-state index in [1.165, 1.54) is 29.9 Å². The van der Waals surface area contributed by atoms with Crippen LogP contribution in [0, 0.1) is 5.82 Å². The molecule has 1 aromatic carbocycles. The molecule has 3 amide bonds. The van der Waals surface area contributed by atoms with Crippen molar-refractivity contribution >= 4 is 23.5 Å². The summed E-state index contributed by atoms with van der Waals surface area (Å²) in [5.41, 5.74) is 0.280. The zero-order chi connectivity index (χ0) is 18.2. The molecule has 0 radical (unpaired) electrons. The molecule has 1 aliphatic heterocycles. The third-order valence-electron chi connectivity index (χ3n) is 4.38. The Hall–Kier alpha value is -1.82. The van der Waals surface area contributed by atoms with Crippen molar-refractivity contribution in [2.75, 3.05) is 26.7 Å². The highest BCUT2D eigenvalue weighted by Crippen LogP contribution is 2.20. The lowest BCUT2D eigenvalue weighted by Gasteiger charge is -2.21. The maximum Gasteiger partial charge on any atom is 0.317 e. The Labute approximate surface area is 153 Å². The standard InChI is InChI=1S/C18H25ClFN3O2/c1-22(13-14-15(19)7-6-8-16(14)20)18(25)21-10-9-17(24)23-11-4-2-3-5-12-23/h6-8H,2-5,9-13H2,1H3,(H,21,25). The highest BCUT2D eigenvalue weighted by molar-refractivity contribution is 6.31. The molecule has 0 aromatic heterocycles. The van der Waals surface area contributed by atoms with Gasteiger partial charge in [-0.1, -0.05) is 30.5 Å². The average Bonchev–Trinajstić information content (AvgIpc) is 2.87. The number of likely N-dealkylation sites (tertiary alicyclic amines) is 1. The molecule has 0 spiro atoms. The van der Waals surface area contributed by atoms with E-state index >= 15 is 0 Å². The zero-order valence-corrected chi connectivity index (χ0v) is 15.3. The lowest BCUT2D eigenvalue weighted by Crippen LogP contribution is -2.40. The van der Waals surface area contributed by atoms with Crippen molar-refractivity contribution in [1.82, 2.24) is 15.1 Å². The predicted octanol–water partition coefficient (Wildman–Crippen LogP) is 3.41. The van der Waals surface area contributed by atoms with E-state index in [1.807, 2.05) is 4.90 Å². The number of urea groups is 1. The Balaban J connectivity index is 1.76. The van der Waals surface area contributed by atoms with Crippen molar-refractivity contribution in [2.24, 2.45) is 0 Å². The fourth-order valence-corrected chi connectivity index (χ4v) is 3.10. The fraction of sp³-hybridized carbons (Fsp3) is 0.556. The van der Waals surface area contributed by atoms with Crippen molar-refractivity contribution in [3.8, 4) is 0 Å². The SMILES string of the molecule is CN(Cc1c(F)cccc1Cl)C(=O)NCCC(=O)N1CCCCCC1. The third-order valence-corrected chi connectivity index (χ3v) is 4.73. The minimum atomic E-state index is -0.441. The normalized spacial score (nSPS) is 14.8. The van der Waals surface area contributed by atoms with Gasteiger partial charge in [0.15, 0.2) is 0 Å². The molecule has 1 aromatic rings. The van der Waals surface area contributed by atoms with Gasteiger partial charge in [-0.25, -0.2) is 9.18 Å². The van der Waals surface area contributed by atoms with Gasteiger partial charge in [-0.05, 0) is 25.0 Å². The largest absolute Gasteiger partial charge is 0.343 e. The van der Waals surface area contributed by atoms with Crippen LogP contribution in [0.1, 0.15) is 37.7 Å². The Morgan fingerprint density at radius 1 is 1.24 bits per heavy atom. The van der Waals surface area contributed by atoms with E-state index in [-0.39, 0.29) is 42.0 Å². The van der Waals surface area contributed by atoms with Gasteiger partial charge in [0, 0.05) is 43.7 Å². The molecule has 0 atom stereocenters. The molecular formula is C18H25ClFN3O2. The summed E-state index contributed by atoms with van der Waals surface area (Å²) < 4.78 is 13.8. The summed E-state index contributed by atoms with van der Waals surface area (Å²) in [5, 5.41) is 2.99. The third kappa shape index (κ3) is 5.88. The molecule has 1 N–H and O–H groups in total. The molecule has 138 valence electrons. The Morgan fingerprint density at radius 2 is 1.92 bits per heavy atom. The summed E-state index contributed by atoms with van der Waals surface area (Å²) >= 11 is 5.97. The van der Waals surface area contributed by atoms with E-state index in [0.29, 0.717) is 0 Å². The van der Waals surface area contributed by atoms with Crippen molar-refractivity contribution in [3.05, 3.63) is 34.6 Å². The summed E-state index contributed by atoms with van der Waals surface area (Å²) in [7, 11) is 1.56. The topological polar surface area (TPSA) is 52.7 Å². The van der Waals surface area contributed by atoms with E-state index < -0.39 is 5.82 Å². The number of hydrogen-bond acceptors (Lipinski definition) is 2. The number of nitrogens with one attached hydrogen (secondary N) is 1. The minimum Gasteiger partial charge on any atom is -0.343 e. The molecule has 0 unspecified atom stereocenters. The molecule has 1 saturated heterocycles. The van der Waals surface area contributed by atoms with E-state index in [2.05, 4.69) is 5.32 Å². The van der Waals surface area contributed by atoms with E-state index in [9.17, 15) is 14.0 Å². The number of hydrogen-bond donors (Lipinski definition) is 1. The molecule has 1 fully saturated rings. The first-order chi connectivity index (χ1) is 12.0. The first-order valence-corrected chi connectivity index (χ1v) is 9.06. The van der Waals surface area contributed by atoms with Crippen LogP contribution in [0.2, 0.25) is 5.02 Å². The summed E-state index contributed by atoms with van der Waals surface area (Å²) in [6.07, 6.45) is 4.71. The smallest absolute Gasteiger partial charge is 0.317 e. The summed E-state index contributed by atoms with van der Waals surface area (Å²) in [5.74, 6) is -0.370.